The topological polar surface area (TPSA) is 119 Å². The highest BCUT2D eigenvalue weighted by Crippen LogP contribution is 2.62. The molecule has 43 heavy (non-hydrogen) atoms. The summed E-state index contributed by atoms with van der Waals surface area (Å²) in [5, 5.41) is 14.7. The second-order valence-corrected chi connectivity index (χ2v) is 10.8. The molecule has 212 valence electrons. The van der Waals surface area contributed by atoms with E-state index in [2.05, 4.69) is 5.32 Å². The molecule has 4 aromatic rings. The van der Waals surface area contributed by atoms with Crippen LogP contribution in [0, 0.1) is 16.0 Å². The molecule has 3 aliphatic rings. The lowest BCUT2D eigenvalue weighted by Gasteiger charge is -2.38. The maximum Gasteiger partial charge on any atom is 0.270 e. The molecule has 0 bridgehead atoms. The maximum absolute atomic E-state index is 14.9. The number of ether oxygens (including phenoxy) is 1. The van der Waals surface area contributed by atoms with Crippen molar-refractivity contribution in [3.05, 3.63) is 141 Å². The number of carbonyl (C=O) groups excluding carboxylic acids is 3. The lowest BCUT2D eigenvalue weighted by atomic mass is 9.62. The third-order valence-corrected chi connectivity index (χ3v) is 8.84. The van der Waals surface area contributed by atoms with Gasteiger partial charge in [-0.25, -0.2) is 0 Å². The van der Waals surface area contributed by atoms with Crippen molar-refractivity contribution in [1.82, 2.24) is 4.90 Å². The fourth-order valence-corrected chi connectivity index (χ4v) is 7.13. The van der Waals surface area contributed by atoms with Crippen LogP contribution in [0.15, 0.2) is 103 Å². The molecule has 3 aliphatic heterocycles. The van der Waals surface area contributed by atoms with Gasteiger partial charge in [0.15, 0.2) is 11.6 Å². The predicted molar refractivity (Wildman–Crippen MR) is 159 cm³/mol. The standard InChI is InChI=1S/C34H25N3O6/c1-43-27-16-7-4-13-24(27)31(39)29-28(30(38)21-10-8-11-22(19-21)37(41)42)34(25-14-5-6-15-26(25)35-33(34)40)32-23-12-3-2-9-20(23)17-18-36(29)32/h2-19,28-29,32H,1H3,(H,35,40)/t28-,29+,32+,34-/m1/s1. The van der Waals surface area contributed by atoms with E-state index in [1.54, 1.807) is 48.7 Å². The molecule has 4 aromatic carbocycles. The Morgan fingerprint density at radius 1 is 0.930 bits per heavy atom. The third kappa shape index (κ3) is 3.67. The summed E-state index contributed by atoms with van der Waals surface area (Å²) >= 11 is 0. The Labute approximate surface area is 246 Å². The van der Waals surface area contributed by atoms with Crippen molar-refractivity contribution in [2.24, 2.45) is 5.92 Å². The number of nitro benzene ring substituents is 1. The van der Waals surface area contributed by atoms with Crippen LogP contribution in [0.1, 0.15) is 43.4 Å². The molecule has 9 nitrogen and oxygen atoms in total. The number of methoxy groups -OCH3 is 1. The highest BCUT2D eigenvalue weighted by Gasteiger charge is 2.70. The zero-order valence-corrected chi connectivity index (χ0v) is 23.0. The van der Waals surface area contributed by atoms with Gasteiger partial charge in [0.25, 0.3) is 5.69 Å². The molecule has 1 saturated heterocycles. The number of nitro groups is 1. The number of hydrogen-bond donors (Lipinski definition) is 1. The van der Waals surface area contributed by atoms with Gasteiger partial charge in [-0.1, -0.05) is 66.7 Å². The summed E-state index contributed by atoms with van der Waals surface area (Å²) in [4.78, 5) is 57.0. The lowest BCUT2D eigenvalue weighted by Crippen LogP contribution is -2.49. The van der Waals surface area contributed by atoms with Gasteiger partial charge in [0.2, 0.25) is 5.91 Å². The molecule has 1 fully saturated rings. The van der Waals surface area contributed by atoms with Crippen LogP contribution >= 0.6 is 0 Å². The van der Waals surface area contributed by atoms with E-state index in [0.717, 1.165) is 11.1 Å². The van der Waals surface area contributed by atoms with Gasteiger partial charge in [0.05, 0.1) is 29.6 Å². The number of nitrogens with zero attached hydrogens (tertiary/aromatic N) is 2. The molecular weight excluding hydrogens is 546 g/mol. The predicted octanol–water partition coefficient (Wildman–Crippen LogP) is 5.59. The number of ketones is 2. The van der Waals surface area contributed by atoms with E-state index < -0.39 is 45.8 Å². The molecule has 1 N–H and O–H groups in total. The molecule has 0 unspecified atom stereocenters. The molecule has 0 saturated carbocycles. The Bertz CT molecular complexity index is 1880. The second-order valence-electron chi connectivity index (χ2n) is 10.8. The van der Waals surface area contributed by atoms with Gasteiger partial charge in [-0.05, 0) is 41.0 Å². The molecular formula is C34H25N3O6. The van der Waals surface area contributed by atoms with Gasteiger partial charge in [-0.2, -0.15) is 0 Å². The van der Waals surface area contributed by atoms with E-state index in [9.17, 15) is 24.5 Å². The second kappa shape index (κ2) is 9.77. The first-order valence-electron chi connectivity index (χ1n) is 13.8. The maximum atomic E-state index is 14.9. The van der Waals surface area contributed by atoms with E-state index in [-0.39, 0.29) is 16.8 Å². The quantitative estimate of drug-likeness (QED) is 0.182. The summed E-state index contributed by atoms with van der Waals surface area (Å²) in [7, 11) is 1.47. The first-order chi connectivity index (χ1) is 20.9. The number of fused-ring (bicyclic) bond motifs is 6. The average Bonchev–Trinajstić information content (AvgIpc) is 3.52. The van der Waals surface area contributed by atoms with Crippen LogP contribution in [0.2, 0.25) is 0 Å². The molecule has 4 atom stereocenters. The summed E-state index contributed by atoms with van der Waals surface area (Å²) in [6, 6.07) is 25.2. The summed E-state index contributed by atoms with van der Waals surface area (Å²) in [6.07, 6.45) is 3.66. The van der Waals surface area contributed by atoms with Crippen molar-refractivity contribution >= 4 is 34.9 Å². The van der Waals surface area contributed by atoms with Crippen molar-refractivity contribution in [3.8, 4) is 5.75 Å². The molecule has 1 amide bonds. The van der Waals surface area contributed by atoms with Gasteiger partial charge in [0, 0.05) is 29.6 Å². The molecule has 0 aliphatic carbocycles. The summed E-state index contributed by atoms with van der Waals surface area (Å²) in [5.41, 5.74) is 1.33. The van der Waals surface area contributed by atoms with Crippen LogP contribution in [-0.2, 0) is 10.2 Å². The number of amides is 1. The Balaban J connectivity index is 1.54. The van der Waals surface area contributed by atoms with E-state index in [4.69, 9.17) is 4.74 Å². The van der Waals surface area contributed by atoms with Crippen LogP contribution < -0.4 is 10.1 Å². The minimum atomic E-state index is -1.54. The van der Waals surface area contributed by atoms with Crippen LogP contribution in [0.5, 0.6) is 5.75 Å². The van der Waals surface area contributed by atoms with Crippen LogP contribution in [0.25, 0.3) is 6.08 Å². The number of Topliss-reactive ketones (excluding diaryl/α,β-unsaturated/α-hetero) is 2. The van der Waals surface area contributed by atoms with Crippen molar-refractivity contribution in [1.29, 1.82) is 0 Å². The SMILES string of the molecule is COc1ccccc1C(=O)[C@@H]1[C@H](C(=O)c2cccc([N+](=O)[O-])c2)[C@@]2(C(=O)Nc3ccccc32)[C@@H]2c3ccccc3C=CN12. The smallest absolute Gasteiger partial charge is 0.270 e. The fourth-order valence-electron chi connectivity index (χ4n) is 7.13. The zero-order valence-electron chi connectivity index (χ0n) is 23.0. The lowest BCUT2D eigenvalue weighted by molar-refractivity contribution is -0.384. The summed E-state index contributed by atoms with van der Waals surface area (Å²) < 4.78 is 5.54. The molecule has 9 heteroatoms. The highest BCUT2D eigenvalue weighted by atomic mass is 16.6. The Morgan fingerprint density at radius 3 is 2.49 bits per heavy atom. The molecule has 3 heterocycles. The number of anilines is 1. The van der Waals surface area contributed by atoms with E-state index in [1.807, 2.05) is 41.3 Å². The van der Waals surface area contributed by atoms with E-state index >= 15 is 0 Å². The normalized spacial score (nSPS) is 22.9. The number of non-ortho nitro benzene ring substituents is 1. The van der Waals surface area contributed by atoms with Gasteiger partial charge in [-0.3, -0.25) is 24.5 Å². The first-order valence-corrected chi connectivity index (χ1v) is 13.8. The van der Waals surface area contributed by atoms with Crippen molar-refractivity contribution in [2.75, 3.05) is 12.4 Å². The fraction of sp³-hybridized carbons (Fsp3) is 0.147. The summed E-state index contributed by atoms with van der Waals surface area (Å²) in [5.74, 6) is -2.26. The first kappa shape index (κ1) is 26.3. The summed E-state index contributed by atoms with van der Waals surface area (Å²) in [6.45, 7) is 0. The number of benzene rings is 4. The minimum absolute atomic E-state index is 0.0469. The highest BCUT2D eigenvalue weighted by molar-refractivity contribution is 6.17. The van der Waals surface area contributed by atoms with Crippen molar-refractivity contribution in [3.63, 3.8) is 0 Å². The monoisotopic (exact) mass is 571 g/mol. The zero-order chi connectivity index (χ0) is 29.9. The van der Waals surface area contributed by atoms with Gasteiger partial charge in [-0.15, -0.1) is 0 Å². The van der Waals surface area contributed by atoms with Crippen molar-refractivity contribution < 1.29 is 24.0 Å². The number of nitrogens with one attached hydrogen (secondary N) is 1. The average molecular weight is 572 g/mol. The minimum Gasteiger partial charge on any atom is -0.496 e. The Morgan fingerprint density at radius 2 is 1.67 bits per heavy atom. The number of rotatable bonds is 6. The Kier molecular flexibility index (Phi) is 5.98. The molecule has 0 aromatic heterocycles. The number of carbonyl (C=O) groups is 3. The van der Waals surface area contributed by atoms with Gasteiger partial charge < -0.3 is 15.0 Å². The largest absolute Gasteiger partial charge is 0.496 e. The van der Waals surface area contributed by atoms with Crippen LogP contribution in [-0.4, -0.2) is 40.4 Å². The van der Waals surface area contributed by atoms with Gasteiger partial charge >= 0.3 is 0 Å². The van der Waals surface area contributed by atoms with Crippen LogP contribution in [0.4, 0.5) is 11.4 Å². The molecule has 7 rings (SSSR count). The van der Waals surface area contributed by atoms with Crippen molar-refractivity contribution in [2.45, 2.75) is 17.5 Å². The third-order valence-electron chi connectivity index (χ3n) is 8.84. The van der Waals surface area contributed by atoms with E-state index in [1.165, 1.54) is 31.4 Å². The van der Waals surface area contributed by atoms with Gasteiger partial charge in [0.1, 0.15) is 17.2 Å². The van der Waals surface area contributed by atoms with E-state index in [0.29, 0.717) is 17.0 Å². The number of para-hydroxylation sites is 2. The molecule has 0 radical (unpaired) electrons. The number of hydrogen-bond acceptors (Lipinski definition) is 7. The van der Waals surface area contributed by atoms with Crippen LogP contribution in [0.3, 0.4) is 0 Å². The molecule has 1 spiro atoms. The Hall–Kier alpha value is -5.57.